The number of fused-ring (bicyclic) bond motifs is 1. The molecule has 2 rings (SSSR count). The van der Waals surface area contributed by atoms with Crippen molar-refractivity contribution in [2.24, 2.45) is 0 Å². The summed E-state index contributed by atoms with van der Waals surface area (Å²) in [6.07, 6.45) is 0. The Morgan fingerprint density at radius 3 is 2.67 bits per heavy atom. The fourth-order valence-electron chi connectivity index (χ4n) is 1.34. The van der Waals surface area contributed by atoms with Crippen LogP contribution < -0.4 is 4.90 Å². The summed E-state index contributed by atoms with van der Waals surface area (Å²) in [6, 6.07) is 7.44. The minimum absolute atomic E-state index is 0.0388. The molecule has 2 nitrogen and oxygen atoms in total. The summed E-state index contributed by atoms with van der Waals surface area (Å²) in [5.41, 5.74) is 1.62. The summed E-state index contributed by atoms with van der Waals surface area (Å²) >= 11 is 4.95. The molecule has 0 saturated carbocycles. The minimum Gasteiger partial charge on any atom is -0.332 e. The number of Topliss-reactive ketones (excluding diaryl/α,β-unsaturated/α-hetero) is 1. The molecule has 1 heterocycles. The third-order valence-electron chi connectivity index (χ3n) is 2.01. The molecule has 0 unspecified atom stereocenters. The molecule has 0 bridgehead atoms. The number of likely N-dealkylation sites (N-methyl/N-ethyl adjacent to an activating group) is 1. The van der Waals surface area contributed by atoms with Gasteiger partial charge in [0.1, 0.15) is 0 Å². The van der Waals surface area contributed by atoms with Gasteiger partial charge in [-0.05, 0) is 12.1 Å². The molecule has 0 radical (unpaired) electrons. The zero-order chi connectivity index (χ0) is 8.72. The predicted molar refractivity (Wildman–Crippen MR) is 51.8 cm³/mol. The molecule has 0 fully saturated rings. The predicted octanol–water partition coefficient (Wildman–Crippen LogP) is 1.65. The van der Waals surface area contributed by atoms with Crippen LogP contribution in [0.25, 0.3) is 0 Å². The molecule has 0 spiro atoms. The highest BCUT2D eigenvalue weighted by Crippen LogP contribution is 2.27. The van der Waals surface area contributed by atoms with E-state index in [1.807, 2.05) is 25.2 Å². The topological polar surface area (TPSA) is 20.3 Å². The summed E-state index contributed by atoms with van der Waals surface area (Å²) in [5, 5.41) is 0. The number of carbonyl (C=O) groups is 1. The maximum atomic E-state index is 11.4. The SMILES string of the molecule is CN1C(=S)C(=O)c2ccccc21. The van der Waals surface area contributed by atoms with Crippen molar-refractivity contribution in [1.29, 1.82) is 0 Å². The highest BCUT2D eigenvalue weighted by molar-refractivity contribution is 7.82. The van der Waals surface area contributed by atoms with E-state index in [2.05, 4.69) is 0 Å². The minimum atomic E-state index is -0.0388. The molecule has 0 atom stereocenters. The summed E-state index contributed by atoms with van der Waals surface area (Å²) in [7, 11) is 1.81. The zero-order valence-corrected chi connectivity index (χ0v) is 7.39. The van der Waals surface area contributed by atoms with Crippen LogP contribution in [-0.4, -0.2) is 17.8 Å². The highest BCUT2D eigenvalue weighted by Gasteiger charge is 2.28. The number of carbonyl (C=O) groups excluding carboxylic acids is 1. The van der Waals surface area contributed by atoms with Gasteiger partial charge in [0.2, 0.25) is 5.78 Å². The Morgan fingerprint density at radius 1 is 1.33 bits per heavy atom. The van der Waals surface area contributed by atoms with Crippen molar-refractivity contribution in [1.82, 2.24) is 0 Å². The van der Waals surface area contributed by atoms with Crippen LogP contribution in [0.5, 0.6) is 0 Å². The lowest BCUT2D eigenvalue weighted by atomic mass is 10.1. The fourth-order valence-corrected chi connectivity index (χ4v) is 1.54. The summed E-state index contributed by atoms with van der Waals surface area (Å²) in [4.78, 5) is 13.6. The number of anilines is 1. The molecule has 1 aliphatic rings. The standard InChI is InChI=1S/C9H7NOS/c1-10-7-5-3-2-4-6(7)8(11)9(10)12/h2-5H,1H3. The van der Waals surface area contributed by atoms with Crippen LogP contribution in [-0.2, 0) is 0 Å². The fraction of sp³-hybridized carbons (Fsp3) is 0.111. The molecule has 3 heteroatoms. The van der Waals surface area contributed by atoms with Crippen molar-refractivity contribution >= 4 is 28.7 Å². The van der Waals surface area contributed by atoms with Crippen molar-refractivity contribution in [2.75, 3.05) is 11.9 Å². The first-order valence-electron chi connectivity index (χ1n) is 3.63. The Hall–Kier alpha value is -1.22. The molecule has 12 heavy (non-hydrogen) atoms. The zero-order valence-electron chi connectivity index (χ0n) is 6.57. The molecule has 0 aliphatic carbocycles. The third-order valence-corrected chi connectivity index (χ3v) is 2.47. The molecule has 1 aliphatic heterocycles. The number of ketones is 1. The van der Waals surface area contributed by atoms with E-state index in [1.54, 1.807) is 11.0 Å². The van der Waals surface area contributed by atoms with Gasteiger partial charge in [-0.2, -0.15) is 0 Å². The third kappa shape index (κ3) is 0.800. The molecular weight excluding hydrogens is 170 g/mol. The number of hydrogen-bond donors (Lipinski definition) is 0. The van der Waals surface area contributed by atoms with Gasteiger partial charge in [0.25, 0.3) is 0 Å². The van der Waals surface area contributed by atoms with Crippen LogP contribution in [0.2, 0.25) is 0 Å². The van der Waals surface area contributed by atoms with E-state index in [9.17, 15) is 4.79 Å². The van der Waals surface area contributed by atoms with E-state index in [4.69, 9.17) is 12.2 Å². The van der Waals surface area contributed by atoms with Crippen molar-refractivity contribution < 1.29 is 4.79 Å². The van der Waals surface area contributed by atoms with Gasteiger partial charge in [-0.15, -0.1) is 0 Å². The Bertz CT molecular complexity index is 373. The largest absolute Gasteiger partial charge is 0.332 e. The molecule has 1 aromatic rings. The van der Waals surface area contributed by atoms with Gasteiger partial charge in [-0.3, -0.25) is 4.79 Å². The lowest BCUT2D eigenvalue weighted by Gasteiger charge is -2.09. The first kappa shape index (κ1) is 7.43. The van der Waals surface area contributed by atoms with Crippen molar-refractivity contribution in [2.45, 2.75) is 0 Å². The average molecular weight is 177 g/mol. The average Bonchev–Trinajstić information content (AvgIpc) is 2.33. The molecule has 0 amide bonds. The van der Waals surface area contributed by atoms with E-state index in [-0.39, 0.29) is 5.78 Å². The summed E-state index contributed by atoms with van der Waals surface area (Å²) in [5.74, 6) is -0.0388. The van der Waals surface area contributed by atoms with Gasteiger partial charge >= 0.3 is 0 Å². The van der Waals surface area contributed by atoms with Gasteiger partial charge in [0.15, 0.2) is 4.99 Å². The summed E-state index contributed by atoms with van der Waals surface area (Å²) < 4.78 is 0. The monoisotopic (exact) mass is 177 g/mol. The van der Waals surface area contributed by atoms with Crippen LogP contribution in [0.1, 0.15) is 10.4 Å². The van der Waals surface area contributed by atoms with E-state index in [0.29, 0.717) is 10.6 Å². The Morgan fingerprint density at radius 2 is 2.00 bits per heavy atom. The Kier molecular flexibility index (Phi) is 1.48. The normalized spacial score (nSPS) is 15.2. The van der Waals surface area contributed by atoms with Crippen molar-refractivity contribution in [3.05, 3.63) is 29.8 Å². The number of benzene rings is 1. The smallest absolute Gasteiger partial charge is 0.222 e. The molecule has 0 saturated heterocycles. The molecule has 1 aromatic carbocycles. The molecule has 0 N–H and O–H groups in total. The van der Waals surface area contributed by atoms with E-state index < -0.39 is 0 Å². The number of hydrogen-bond acceptors (Lipinski definition) is 2. The van der Waals surface area contributed by atoms with Gasteiger partial charge in [0, 0.05) is 12.6 Å². The van der Waals surface area contributed by atoms with Crippen LogP contribution in [0, 0.1) is 0 Å². The number of rotatable bonds is 0. The maximum Gasteiger partial charge on any atom is 0.222 e. The molecular formula is C9H7NOS. The first-order chi connectivity index (χ1) is 5.72. The van der Waals surface area contributed by atoms with E-state index in [1.165, 1.54) is 0 Å². The quantitative estimate of drug-likeness (QED) is 0.562. The number of thiocarbonyl (C=S) groups is 1. The second-order valence-corrected chi connectivity index (χ2v) is 3.10. The lowest BCUT2D eigenvalue weighted by Crippen LogP contribution is -2.22. The van der Waals surface area contributed by atoms with E-state index in [0.717, 1.165) is 5.69 Å². The second kappa shape index (κ2) is 2.38. The Labute approximate surface area is 75.8 Å². The van der Waals surface area contributed by atoms with Crippen LogP contribution >= 0.6 is 12.2 Å². The second-order valence-electron chi connectivity index (χ2n) is 2.71. The highest BCUT2D eigenvalue weighted by atomic mass is 32.1. The van der Waals surface area contributed by atoms with Gasteiger partial charge < -0.3 is 4.90 Å². The van der Waals surface area contributed by atoms with Crippen molar-refractivity contribution in [3.8, 4) is 0 Å². The summed E-state index contributed by atoms with van der Waals surface area (Å²) in [6.45, 7) is 0. The van der Waals surface area contributed by atoms with Gasteiger partial charge in [-0.1, -0.05) is 24.4 Å². The Balaban J connectivity index is 2.67. The van der Waals surface area contributed by atoms with Crippen LogP contribution in [0.3, 0.4) is 0 Å². The lowest BCUT2D eigenvalue weighted by molar-refractivity contribution is 0.107. The van der Waals surface area contributed by atoms with E-state index >= 15 is 0 Å². The first-order valence-corrected chi connectivity index (χ1v) is 4.04. The number of nitrogens with zero attached hydrogens (tertiary/aromatic N) is 1. The van der Waals surface area contributed by atoms with Crippen LogP contribution in [0.15, 0.2) is 24.3 Å². The molecule has 60 valence electrons. The van der Waals surface area contributed by atoms with Gasteiger partial charge in [0.05, 0.1) is 5.69 Å². The molecule has 0 aromatic heterocycles. The maximum absolute atomic E-state index is 11.4. The van der Waals surface area contributed by atoms with Crippen LogP contribution in [0.4, 0.5) is 5.69 Å². The number of para-hydroxylation sites is 1. The van der Waals surface area contributed by atoms with Crippen molar-refractivity contribution in [3.63, 3.8) is 0 Å². The van der Waals surface area contributed by atoms with Gasteiger partial charge in [-0.25, -0.2) is 0 Å².